The van der Waals surface area contributed by atoms with Gasteiger partial charge in [-0.05, 0) is 23.6 Å². The number of rotatable bonds is 6. The van der Waals surface area contributed by atoms with Gasteiger partial charge in [-0.3, -0.25) is 4.79 Å². The summed E-state index contributed by atoms with van der Waals surface area (Å²) in [6, 6.07) is 12.8. The summed E-state index contributed by atoms with van der Waals surface area (Å²) < 4.78 is 6.06. The lowest BCUT2D eigenvalue weighted by atomic mass is 10.3. The van der Waals surface area contributed by atoms with Crippen LogP contribution in [-0.2, 0) is 11.3 Å². The van der Waals surface area contributed by atoms with E-state index in [2.05, 4.69) is 10.4 Å². The second kappa shape index (κ2) is 7.83. The molecule has 0 bridgehead atoms. The smallest absolute Gasteiger partial charge is 0.387 e. The van der Waals surface area contributed by atoms with Gasteiger partial charge >= 0.3 is 5.76 Å². The molecule has 126 valence electrons. The fraction of sp³-hybridized carbons (Fsp3) is 0.125. The van der Waals surface area contributed by atoms with Crippen molar-refractivity contribution in [3.63, 3.8) is 0 Å². The van der Waals surface area contributed by atoms with Crippen LogP contribution in [0.5, 0.6) is 0 Å². The number of carbonyl (C=O) groups excluding carboxylic acids is 1. The lowest BCUT2D eigenvalue weighted by Crippen LogP contribution is -2.26. The van der Waals surface area contributed by atoms with Crippen LogP contribution < -0.4 is 11.1 Å². The largest absolute Gasteiger partial charge is 0.437 e. The Balaban J connectivity index is 1.72. The van der Waals surface area contributed by atoms with Crippen molar-refractivity contribution < 1.29 is 9.21 Å². The highest BCUT2D eigenvalue weighted by Gasteiger charge is 2.14. The van der Waals surface area contributed by atoms with E-state index in [0.29, 0.717) is 5.69 Å². The molecule has 0 aliphatic heterocycles. The first-order valence-electron chi connectivity index (χ1n) is 7.18. The van der Waals surface area contributed by atoms with Crippen LogP contribution in [0.1, 0.15) is 0 Å². The maximum absolute atomic E-state index is 12.2. The summed E-state index contributed by atoms with van der Waals surface area (Å²) in [5.41, 5.74) is 0.586. The van der Waals surface area contributed by atoms with E-state index in [-0.39, 0.29) is 18.2 Å². The number of nitrogens with one attached hydrogen (secondary N) is 1. The summed E-state index contributed by atoms with van der Waals surface area (Å²) in [5, 5.41) is 17.3. The quantitative estimate of drug-likeness (QED) is 0.668. The summed E-state index contributed by atoms with van der Waals surface area (Å²) in [6.07, 6.45) is 0. The topological polar surface area (TPSA) is 101 Å². The Morgan fingerprint density at radius 1 is 1.36 bits per heavy atom. The minimum atomic E-state index is -0.689. The van der Waals surface area contributed by atoms with Crippen molar-refractivity contribution >= 4 is 34.7 Å². The molecule has 0 radical (unpaired) electrons. The fourth-order valence-corrected chi connectivity index (χ4v) is 3.35. The number of nitriles is 1. The molecule has 0 atom stereocenters. The predicted molar refractivity (Wildman–Crippen MR) is 95.5 cm³/mol. The van der Waals surface area contributed by atoms with Gasteiger partial charge in [0, 0.05) is 4.90 Å². The number of anilines is 1. The van der Waals surface area contributed by atoms with E-state index in [0.717, 1.165) is 14.5 Å². The second-order valence-electron chi connectivity index (χ2n) is 4.80. The Hall–Kier alpha value is -2.83. The Bertz CT molecular complexity index is 970. The van der Waals surface area contributed by atoms with Gasteiger partial charge in [-0.25, -0.2) is 4.79 Å². The zero-order chi connectivity index (χ0) is 17.6. The van der Waals surface area contributed by atoms with Crippen LogP contribution in [0.15, 0.2) is 55.9 Å². The molecule has 9 heteroatoms. The first-order valence-corrected chi connectivity index (χ1v) is 9.04. The van der Waals surface area contributed by atoms with Gasteiger partial charge < -0.3 is 9.73 Å². The Morgan fingerprint density at radius 3 is 2.96 bits per heavy atom. The van der Waals surface area contributed by atoms with Gasteiger partial charge in [-0.15, -0.1) is 28.2 Å². The van der Waals surface area contributed by atoms with Crippen LogP contribution in [0.3, 0.4) is 0 Å². The molecule has 0 aliphatic rings. The third-order valence-corrected chi connectivity index (χ3v) is 4.88. The molecule has 1 aromatic carbocycles. The lowest BCUT2D eigenvalue weighted by molar-refractivity contribution is -0.117. The zero-order valence-electron chi connectivity index (χ0n) is 12.8. The number of para-hydroxylation sites is 1. The first kappa shape index (κ1) is 17.0. The number of aromatic nitrogens is 2. The monoisotopic (exact) mass is 372 g/mol. The van der Waals surface area contributed by atoms with Gasteiger partial charge in [0.1, 0.15) is 6.54 Å². The van der Waals surface area contributed by atoms with Crippen LogP contribution in [-0.4, -0.2) is 21.4 Å². The third kappa shape index (κ3) is 4.17. The summed E-state index contributed by atoms with van der Waals surface area (Å²) >= 11 is 2.71. The van der Waals surface area contributed by atoms with Gasteiger partial charge in [-0.1, -0.05) is 18.2 Å². The van der Waals surface area contributed by atoms with Gasteiger partial charge in [0.15, 0.2) is 0 Å². The maximum atomic E-state index is 12.2. The molecule has 0 saturated heterocycles. The highest BCUT2D eigenvalue weighted by Crippen LogP contribution is 2.26. The van der Waals surface area contributed by atoms with E-state index < -0.39 is 11.7 Å². The standard InChI is InChI=1S/C16H12N4O3S2/c17-7-9-25-12-5-2-1-4-11(12)18-14(21)10-20-16(22)23-15(19-20)13-6-3-8-24-13/h1-6,8H,9-10H2,(H,18,21). The normalized spacial score (nSPS) is 10.4. The van der Waals surface area contributed by atoms with Crippen LogP contribution in [0.2, 0.25) is 0 Å². The molecule has 1 amide bonds. The van der Waals surface area contributed by atoms with E-state index in [4.69, 9.17) is 9.68 Å². The predicted octanol–water partition coefficient (Wildman–Crippen LogP) is 2.82. The highest BCUT2D eigenvalue weighted by molar-refractivity contribution is 7.99. The molecule has 0 saturated carbocycles. The molecular formula is C16H12N4O3S2. The van der Waals surface area contributed by atoms with Crippen LogP contribution in [0, 0.1) is 11.3 Å². The molecule has 7 nitrogen and oxygen atoms in total. The van der Waals surface area contributed by atoms with Gasteiger partial charge in [0.25, 0.3) is 5.89 Å². The Labute approximate surface area is 150 Å². The molecule has 0 spiro atoms. The fourth-order valence-electron chi connectivity index (χ4n) is 2.04. The zero-order valence-corrected chi connectivity index (χ0v) is 14.5. The molecule has 0 unspecified atom stereocenters. The van der Waals surface area contributed by atoms with Gasteiger partial charge in [0.05, 0.1) is 22.4 Å². The van der Waals surface area contributed by atoms with E-state index in [1.807, 2.05) is 29.6 Å². The summed E-state index contributed by atoms with van der Waals surface area (Å²) in [5.74, 6) is -0.624. The minimum Gasteiger partial charge on any atom is -0.387 e. The van der Waals surface area contributed by atoms with Gasteiger partial charge in [-0.2, -0.15) is 9.94 Å². The van der Waals surface area contributed by atoms with Crippen LogP contribution in [0.25, 0.3) is 10.8 Å². The average Bonchev–Trinajstić information content (AvgIpc) is 3.24. The van der Waals surface area contributed by atoms with Crippen molar-refractivity contribution in [1.29, 1.82) is 5.26 Å². The van der Waals surface area contributed by atoms with Crippen molar-refractivity contribution in [3.05, 3.63) is 52.3 Å². The summed E-state index contributed by atoms with van der Waals surface area (Å²) in [4.78, 5) is 25.6. The minimum absolute atomic E-state index is 0.192. The number of hydrogen-bond acceptors (Lipinski definition) is 7. The maximum Gasteiger partial charge on any atom is 0.437 e. The van der Waals surface area contributed by atoms with Gasteiger partial charge in [0.2, 0.25) is 5.91 Å². The molecule has 2 heterocycles. The number of carbonyl (C=O) groups is 1. The lowest BCUT2D eigenvalue weighted by Gasteiger charge is -2.09. The Morgan fingerprint density at radius 2 is 2.20 bits per heavy atom. The molecule has 3 aromatic rings. The highest BCUT2D eigenvalue weighted by atomic mass is 32.2. The van der Waals surface area contributed by atoms with Crippen molar-refractivity contribution in [1.82, 2.24) is 9.78 Å². The molecule has 0 aliphatic carbocycles. The average molecular weight is 372 g/mol. The van der Waals surface area contributed by atoms with E-state index in [1.54, 1.807) is 18.2 Å². The molecule has 1 N–H and O–H groups in total. The van der Waals surface area contributed by atoms with E-state index >= 15 is 0 Å². The van der Waals surface area contributed by atoms with Crippen molar-refractivity contribution in [2.24, 2.45) is 0 Å². The van der Waals surface area contributed by atoms with Crippen LogP contribution in [0.4, 0.5) is 5.69 Å². The first-order chi connectivity index (χ1) is 12.2. The Kier molecular flexibility index (Phi) is 5.33. The molecular weight excluding hydrogens is 360 g/mol. The summed E-state index contributed by atoms with van der Waals surface area (Å²) in [7, 11) is 0. The molecule has 3 rings (SSSR count). The number of thioether (sulfide) groups is 1. The number of benzene rings is 1. The van der Waals surface area contributed by atoms with Crippen molar-refractivity contribution in [2.75, 3.05) is 11.1 Å². The second-order valence-corrected chi connectivity index (χ2v) is 6.76. The number of hydrogen-bond donors (Lipinski definition) is 1. The van der Waals surface area contributed by atoms with E-state index in [9.17, 15) is 9.59 Å². The summed E-state index contributed by atoms with van der Waals surface area (Å²) in [6.45, 7) is -0.259. The SMILES string of the molecule is N#CCSc1ccccc1NC(=O)Cn1nc(-c2cccs2)oc1=O. The molecule has 0 fully saturated rings. The number of thiophene rings is 1. The number of amides is 1. The van der Waals surface area contributed by atoms with E-state index in [1.165, 1.54) is 23.1 Å². The molecule has 2 aromatic heterocycles. The third-order valence-electron chi connectivity index (χ3n) is 3.08. The van der Waals surface area contributed by atoms with Crippen molar-refractivity contribution in [3.8, 4) is 16.8 Å². The molecule has 25 heavy (non-hydrogen) atoms. The number of nitrogens with zero attached hydrogens (tertiary/aromatic N) is 3. The van der Waals surface area contributed by atoms with Crippen molar-refractivity contribution in [2.45, 2.75) is 11.4 Å². The van der Waals surface area contributed by atoms with Crippen LogP contribution >= 0.6 is 23.1 Å².